The van der Waals surface area contributed by atoms with Crippen LogP contribution in [0.2, 0.25) is 0 Å². The molecule has 0 aliphatic heterocycles. The molecule has 20 nitrogen and oxygen atoms in total. The first-order valence-corrected chi connectivity index (χ1v) is 36.8. The Bertz CT molecular complexity index is 3420. The summed E-state index contributed by atoms with van der Waals surface area (Å²) >= 11 is 0. The third kappa shape index (κ3) is 20.1. The smallest absolute Gasteiger partial charge is 0.330 e. The van der Waals surface area contributed by atoms with E-state index in [2.05, 4.69) is 50.6 Å². The van der Waals surface area contributed by atoms with Gasteiger partial charge in [0, 0.05) is 61.8 Å². The molecule has 6 aliphatic rings. The van der Waals surface area contributed by atoms with Gasteiger partial charge < -0.3 is 56.8 Å². The Morgan fingerprint density at radius 3 is 0.702 bits per heavy atom. The summed E-state index contributed by atoms with van der Waals surface area (Å²) in [5, 5.41) is 0. The molecular formula is C84H94O20. The predicted octanol–water partition coefficient (Wildman–Crippen LogP) is 14.4. The van der Waals surface area contributed by atoms with E-state index in [1.54, 1.807) is 0 Å². The molecule has 4 saturated carbocycles. The van der Waals surface area contributed by atoms with E-state index in [1.165, 1.54) is 0 Å². The summed E-state index contributed by atoms with van der Waals surface area (Å²) in [5.41, 5.74) is 9.19. The zero-order chi connectivity index (χ0) is 72.9. The Morgan fingerprint density at radius 2 is 0.500 bits per heavy atom. The summed E-state index contributed by atoms with van der Waals surface area (Å²) in [4.78, 5) is 102. The fraction of sp³-hybridized carbons (Fsp3) is 0.452. The van der Waals surface area contributed by atoms with E-state index in [9.17, 15) is 38.4 Å². The van der Waals surface area contributed by atoms with Crippen LogP contribution < -0.4 is 18.9 Å². The average Bonchev–Trinajstić information content (AvgIpc) is 1.59. The molecule has 5 aromatic rings. The maximum Gasteiger partial charge on any atom is 0.330 e. The summed E-state index contributed by atoms with van der Waals surface area (Å²) in [6.07, 6.45) is 16.9. The molecule has 0 aromatic heterocycles. The lowest BCUT2D eigenvalue weighted by Crippen LogP contribution is -2.29. The van der Waals surface area contributed by atoms with Crippen molar-refractivity contribution >= 4 is 47.8 Å². The van der Waals surface area contributed by atoms with Gasteiger partial charge in [-0.3, -0.25) is 19.2 Å². The van der Waals surface area contributed by atoms with E-state index in [-0.39, 0.29) is 98.4 Å². The fourth-order valence-corrected chi connectivity index (χ4v) is 15.1. The van der Waals surface area contributed by atoms with Gasteiger partial charge in [0.15, 0.2) is 0 Å². The number of esters is 8. The second kappa shape index (κ2) is 37.4. The molecule has 20 heteroatoms. The standard InChI is InChI=1S/C84H94O20/c1-5-75(85)97-45-9-41-93-59-25-17-55(18-26-59)81(89)101-63-33-37-67-68-38-34-64(102-82(90)56-19-27-60(28-20-56)94-42-10-46-98-76(86)6-2)50-72(68)79(71(67)49-63)53-13-15-54(16-14-53)80-73-51-65(103-83(91)57-21-29-61(30-22-57)95-43-11-47-99-77(87)7-3)35-39-69(73)70-40-36-66(52-74(70)80)104-84(92)58-23-31-62(32-24-58)96-44-12-48-100-78(88)8-4/h5-8,13-16,33-40,49-52,55-62,79-80H,1-4,9-12,17-32,41-48H2. The minimum absolute atomic E-state index is 0.0187. The monoisotopic (exact) mass is 1420 g/mol. The van der Waals surface area contributed by atoms with Crippen LogP contribution in [0.5, 0.6) is 23.0 Å². The van der Waals surface area contributed by atoms with Gasteiger partial charge in [-0.25, -0.2) is 19.2 Å². The molecule has 0 unspecified atom stereocenters. The molecule has 4 fully saturated rings. The number of rotatable bonds is 34. The Balaban J connectivity index is 0.828. The predicted molar refractivity (Wildman–Crippen MR) is 385 cm³/mol. The van der Waals surface area contributed by atoms with Crippen LogP contribution in [-0.2, 0) is 76.3 Å². The van der Waals surface area contributed by atoms with Gasteiger partial charge in [0.1, 0.15) is 23.0 Å². The number of ether oxygens (including phenoxy) is 12. The van der Waals surface area contributed by atoms with Crippen LogP contribution in [0, 0.1) is 23.7 Å². The molecule has 0 N–H and O–H groups in total. The highest BCUT2D eigenvalue weighted by atomic mass is 16.6. The normalized spacial score (nSPS) is 22.1. The highest BCUT2D eigenvalue weighted by Crippen LogP contribution is 2.53. The highest BCUT2D eigenvalue weighted by Gasteiger charge is 2.38. The largest absolute Gasteiger partial charge is 0.462 e. The van der Waals surface area contributed by atoms with Gasteiger partial charge in [-0.05, 0) is 207 Å². The van der Waals surface area contributed by atoms with Crippen LogP contribution in [0.25, 0.3) is 22.3 Å². The van der Waals surface area contributed by atoms with Gasteiger partial charge in [0.05, 0.1) is 101 Å². The lowest BCUT2D eigenvalue weighted by atomic mass is 9.85. The van der Waals surface area contributed by atoms with E-state index >= 15 is 0 Å². The van der Waals surface area contributed by atoms with Crippen LogP contribution in [0.4, 0.5) is 0 Å². The number of carbonyl (C=O) groups excluding carboxylic acids is 8. The van der Waals surface area contributed by atoms with Crippen LogP contribution in [0.15, 0.2) is 148 Å². The summed E-state index contributed by atoms with van der Waals surface area (Å²) in [5.74, 6) is -3.64. The number of hydrogen-bond donors (Lipinski definition) is 0. The Kier molecular flexibility index (Phi) is 27.3. The second-order valence-electron chi connectivity index (χ2n) is 27.5. The average molecular weight is 1420 g/mol. The first-order valence-electron chi connectivity index (χ1n) is 36.8. The molecule has 0 atom stereocenters. The zero-order valence-corrected chi connectivity index (χ0v) is 59.1. The van der Waals surface area contributed by atoms with Crippen molar-refractivity contribution in [3.8, 4) is 45.3 Å². The molecule has 0 bridgehead atoms. The van der Waals surface area contributed by atoms with Crippen LogP contribution >= 0.6 is 0 Å². The summed E-state index contributed by atoms with van der Waals surface area (Å²) < 4.78 is 69.7. The lowest BCUT2D eigenvalue weighted by molar-refractivity contribution is -0.142. The minimum atomic E-state index is -0.473. The summed E-state index contributed by atoms with van der Waals surface area (Å²) in [6, 6.07) is 31.4. The van der Waals surface area contributed by atoms with Crippen LogP contribution in [0.1, 0.15) is 174 Å². The van der Waals surface area contributed by atoms with E-state index in [0.29, 0.717) is 178 Å². The van der Waals surface area contributed by atoms with Crippen molar-refractivity contribution < 1.29 is 95.2 Å². The van der Waals surface area contributed by atoms with Gasteiger partial charge in [-0.1, -0.05) is 74.8 Å². The van der Waals surface area contributed by atoms with E-state index < -0.39 is 35.7 Å². The summed E-state index contributed by atoms with van der Waals surface area (Å²) in [6.45, 7) is 16.4. The Morgan fingerprint density at radius 1 is 0.288 bits per heavy atom. The van der Waals surface area contributed by atoms with E-state index in [0.717, 1.165) is 79.9 Å². The van der Waals surface area contributed by atoms with Gasteiger partial charge >= 0.3 is 47.8 Å². The van der Waals surface area contributed by atoms with E-state index in [1.807, 2.05) is 72.8 Å². The van der Waals surface area contributed by atoms with Gasteiger partial charge in [0.25, 0.3) is 0 Å². The molecule has 6 aliphatic carbocycles. The van der Waals surface area contributed by atoms with E-state index in [4.69, 9.17) is 56.8 Å². The Labute approximate surface area is 607 Å². The topological polar surface area (TPSA) is 247 Å². The molecule has 5 aromatic carbocycles. The molecule has 104 heavy (non-hydrogen) atoms. The maximum absolute atomic E-state index is 14.0. The van der Waals surface area contributed by atoms with Crippen molar-refractivity contribution in [1.82, 2.24) is 0 Å². The number of carbonyl (C=O) groups is 8. The zero-order valence-electron chi connectivity index (χ0n) is 59.1. The van der Waals surface area contributed by atoms with Crippen molar-refractivity contribution in [2.24, 2.45) is 23.7 Å². The summed E-state index contributed by atoms with van der Waals surface area (Å²) in [7, 11) is 0. The van der Waals surface area contributed by atoms with Crippen molar-refractivity contribution in [3.63, 3.8) is 0 Å². The third-order valence-corrected chi connectivity index (χ3v) is 20.6. The fourth-order valence-electron chi connectivity index (χ4n) is 15.1. The highest BCUT2D eigenvalue weighted by molar-refractivity contribution is 5.87. The molecular weight excluding hydrogens is 1330 g/mol. The first kappa shape index (κ1) is 75.8. The van der Waals surface area contributed by atoms with Gasteiger partial charge in [-0.2, -0.15) is 0 Å². The minimum Gasteiger partial charge on any atom is -0.462 e. The van der Waals surface area contributed by atoms with Crippen molar-refractivity contribution in [2.75, 3.05) is 52.9 Å². The maximum atomic E-state index is 14.0. The molecule has 0 saturated heterocycles. The first-order chi connectivity index (χ1) is 50.6. The van der Waals surface area contributed by atoms with Crippen LogP contribution in [-0.4, -0.2) is 125 Å². The number of fused-ring (bicyclic) bond motifs is 6. The molecule has 0 spiro atoms. The number of benzene rings is 5. The molecule has 0 amide bonds. The molecule has 550 valence electrons. The van der Waals surface area contributed by atoms with Gasteiger partial charge in [-0.15, -0.1) is 0 Å². The third-order valence-electron chi connectivity index (χ3n) is 20.6. The van der Waals surface area contributed by atoms with Crippen molar-refractivity contribution in [1.29, 1.82) is 0 Å². The molecule has 11 rings (SSSR count). The lowest BCUT2D eigenvalue weighted by Gasteiger charge is -2.27. The SMILES string of the molecule is C=CC(=O)OCCCOC1CCC(C(=O)Oc2ccc3c(c2)C(c2ccc(C4c5cc(OC(=O)C6CCC(OCCCOC(=O)C=C)CC6)ccc5-c5ccc(OC(=O)C6CCC(OCCCOC(=O)C=C)CC6)cc54)cc2)c2cc(OC(=O)C4CCC(OCCCOC(=O)C=C)CC4)ccc2-3)CC1. The second-order valence-corrected chi connectivity index (χ2v) is 27.5. The number of hydrogen-bond acceptors (Lipinski definition) is 20. The Hall–Kier alpha value is -9.34. The van der Waals surface area contributed by atoms with Crippen LogP contribution in [0.3, 0.4) is 0 Å². The van der Waals surface area contributed by atoms with Crippen molar-refractivity contribution in [3.05, 3.63) is 181 Å². The molecule has 0 heterocycles. The quantitative estimate of drug-likeness (QED) is 0.0120. The molecule has 0 radical (unpaired) electrons. The van der Waals surface area contributed by atoms with Gasteiger partial charge in [0.2, 0.25) is 0 Å². The van der Waals surface area contributed by atoms with Crippen molar-refractivity contribution in [2.45, 2.75) is 165 Å².